The van der Waals surface area contributed by atoms with Crippen molar-refractivity contribution >= 4 is 27.2 Å². The minimum Gasteiger partial charge on any atom is -0.359 e. The monoisotopic (exact) mass is 519 g/mol. The number of carbonyl (C=O) groups excluding carboxylic acids is 1. The number of pyridine rings is 1. The predicted molar refractivity (Wildman–Crippen MR) is 147 cm³/mol. The number of hydrogen-bond acceptors (Lipinski definition) is 7. The minimum atomic E-state index is -3.20. The van der Waals surface area contributed by atoms with Gasteiger partial charge >= 0.3 is 0 Å². The van der Waals surface area contributed by atoms with Crippen molar-refractivity contribution in [3.63, 3.8) is 0 Å². The minimum absolute atomic E-state index is 0.00701. The summed E-state index contributed by atoms with van der Waals surface area (Å²) in [6, 6.07) is 19.4. The summed E-state index contributed by atoms with van der Waals surface area (Å²) in [6.07, 6.45) is 1.78. The Hall–Kier alpha value is -3.27. The molecule has 0 unspecified atom stereocenters. The lowest BCUT2D eigenvalue weighted by Crippen LogP contribution is -2.45. The SMILES string of the molecule is CN1CCN(CCS(=O)(=O)Cc2ccc(-c3cnc4c(c3)N(Cc3ccccc3)C(=O)CN4)cc2)CC1. The molecule has 0 aliphatic carbocycles. The first kappa shape index (κ1) is 25.4. The highest BCUT2D eigenvalue weighted by molar-refractivity contribution is 7.90. The topological polar surface area (TPSA) is 85.9 Å². The Morgan fingerprint density at radius 3 is 2.38 bits per heavy atom. The number of fused-ring (bicyclic) bond motifs is 1. The van der Waals surface area contributed by atoms with Crippen LogP contribution < -0.4 is 10.2 Å². The van der Waals surface area contributed by atoms with Crippen molar-refractivity contribution in [1.82, 2.24) is 14.8 Å². The normalized spacial score (nSPS) is 16.9. The van der Waals surface area contributed by atoms with Crippen LogP contribution in [0.25, 0.3) is 11.1 Å². The Bertz CT molecular complexity index is 1340. The average molecular weight is 520 g/mol. The Balaban J connectivity index is 1.27. The zero-order valence-corrected chi connectivity index (χ0v) is 22.0. The van der Waals surface area contributed by atoms with E-state index in [2.05, 4.69) is 27.1 Å². The first-order chi connectivity index (χ1) is 17.9. The molecule has 2 aromatic carbocycles. The molecule has 1 saturated heterocycles. The number of carbonyl (C=O) groups is 1. The lowest BCUT2D eigenvalue weighted by atomic mass is 10.0. The number of nitrogens with one attached hydrogen (secondary N) is 1. The van der Waals surface area contributed by atoms with E-state index in [1.807, 2.05) is 60.7 Å². The van der Waals surface area contributed by atoms with Crippen LogP contribution in [0.4, 0.5) is 11.5 Å². The molecule has 194 valence electrons. The third-order valence-corrected chi connectivity index (χ3v) is 8.62. The van der Waals surface area contributed by atoms with Gasteiger partial charge in [0.1, 0.15) is 0 Å². The van der Waals surface area contributed by atoms with Crippen LogP contribution in [0.2, 0.25) is 0 Å². The first-order valence-electron chi connectivity index (χ1n) is 12.7. The zero-order chi connectivity index (χ0) is 25.8. The molecule has 37 heavy (non-hydrogen) atoms. The van der Waals surface area contributed by atoms with Crippen LogP contribution in [0.1, 0.15) is 11.1 Å². The molecular formula is C28H33N5O3S. The standard InChI is InChI=1S/C28H33N5O3S/c1-31-11-13-32(14-12-31)15-16-37(35,36)21-23-7-9-24(10-8-23)25-17-26-28(29-18-25)30-19-27(34)33(26)20-22-5-3-2-4-6-22/h2-10,17-18H,11-16,19-21H2,1H3,(H,29,30). The van der Waals surface area contributed by atoms with Gasteiger partial charge in [-0.05, 0) is 29.8 Å². The molecule has 0 bridgehead atoms. The number of piperazine rings is 1. The van der Waals surface area contributed by atoms with Gasteiger partial charge in [0.15, 0.2) is 15.7 Å². The van der Waals surface area contributed by atoms with E-state index in [9.17, 15) is 13.2 Å². The van der Waals surface area contributed by atoms with E-state index in [-0.39, 0.29) is 24.0 Å². The van der Waals surface area contributed by atoms with Crippen molar-refractivity contribution in [2.24, 2.45) is 0 Å². The summed E-state index contributed by atoms with van der Waals surface area (Å²) in [5.41, 5.74) is 4.36. The maximum atomic E-state index is 12.7. The van der Waals surface area contributed by atoms with Gasteiger partial charge in [0, 0.05) is 44.5 Å². The maximum Gasteiger partial charge on any atom is 0.246 e. The van der Waals surface area contributed by atoms with E-state index in [1.165, 1.54) is 0 Å². The third-order valence-electron chi connectivity index (χ3n) is 7.04. The van der Waals surface area contributed by atoms with Gasteiger partial charge < -0.3 is 15.1 Å². The smallest absolute Gasteiger partial charge is 0.246 e. The van der Waals surface area contributed by atoms with Gasteiger partial charge in [0.05, 0.1) is 30.3 Å². The molecule has 3 heterocycles. The van der Waals surface area contributed by atoms with Gasteiger partial charge in [-0.15, -0.1) is 0 Å². The summed E-state index contributed by atoms with van der Waals surface area (Å²) in [5.74, 6) is 0.882. The van der Waals surface area contributed by atoms with E-state index in [4.69, 9.17) is 0 Å². The second-order valence-electron chi connectivity index (χ2n) is 9.84. The third kappa shape index (κ3) is 6.36. The summed E-state index contributed by atoms with van der Waals surface area (Å²) < 4.78 is 25.5. The molecule has 5 rings (SSSR count). The van der Waals surface area contributed by atoms with Crippen LogP contribution in [-0.4, -0.2) is 81.2 Å². The highest BCUT2D eigenvalue weighted by atomic mass is 32.2. The molecule has 2 aliphatic heterocycles. The molecule has 2 aliphatic rings. The molecule has 0 spiro atoms. The van der Waals surface area contributed by atoms with Crippen LogP contribution in [0.5, 0.6) is 0 Å². The van der Waals surface area contributed by atoms with Crippen molar-refractivity contribution in [3.8, 4) is 11.1 Å². The van der Waals surface area contributed by atoms with Gasteiger partial charge in [-0.3, -0.25) is 9.69 Å². The number of nitrogens with zero attached hydrogens (tertiary/aromatic N) is 4. The molecule has 1 N–H and O–H groups in total. The Morgan fingerprint density at radius 2 is 1.65 bits per heavy atom. The molecular weight excluding hydrogens is 486 g/mol. The quantitative estimate of drug-likeness (QED) is 0.490. The fourth-order valence-corrected chi connectivity index (χ4v) is 6.12. The average Bonchev–Trinajstić information content (AvgIpc) is 2.91. The first-order valence-corrected chi connectivity index (χ1v) is 14.5. The number of anilines is 2. The van der Waals surface area contributed by atoms with E-state index >= 15 is 0 Å². The second kappa shape index (κ2) is 11.0. The van der Waals surface area contributed by atoms with E-state index in [0.29, 0.717) is 18.9 Å². The fourth-order valence-electron chi connectivity index (χ4n) is 4.74. The number of rotatable bonds is 8. The molecule has 1 aromatic heterocycles. The van der Waals surface area contributed by atoms with Crippen LogP contribution in [-0.2, 0) is 26.9 Å². The van der Waals surface area contributed by atoms with Gasteiger partial charge in [0.2, 0.25) is 5.91 Å². The van der Waals surface area contributed by atoms with Gasteiger partial charge in [-0.1, -0.05) is 54.6 Å². The molecule has 0 saturated carbocycles. The summed E-state index contributed by atoms with van der Waals surface area (Å²) in [4.78, 5) is 23.6. The van der Waals surface area contributed by atoms with Crippen molar-refractivity contribution in [2.45, 2.75) is 12.3 Å². The molecule has 0 atom stereocenters. The van der Waals surface area contributed by atoms with Gasteiger partial charge in [-0.2, -0.15) is 0 Å². The van der Waals surface area contributed by atoms with Gasteiger partial charge in [-0.25, -0.2) is 13.4 Å². The van der Waals surface area contributed by atoms with Crippen LogP contribution in [0.15, 0.2) is 66.9 Å². The highest BCUT2D eigenvalue weighted by Crippen LogP contribution is 2.33. The summed E-state index contributed by atoms with van der Waals surface area (Å²) in [6.45, 7) is 5.06. The maximum absolute atomic E-state index is 12.7. The predicted octanol–water partition coefficient (Wildman–Crippen LogP) is 2.87. The van der Waals surface area contributed by atoms with Gasteiger partial charge in [0.25, 0.3) is 0 Å². The Labute approximate surface area is 218 Å². The number of sulfone groups is 1. The summed E-state index contributed by atoms with van der Waals surface area (Å²) in [7, 11) is -1.11. The number of likely N-dealkylation sites (N-methyl/N-ethyl adjacent to an activating group) is 1. The molecule has 9 heteroatoms. The molecule has 1 amide bonds. The van der Waals surface area contributed by atoms with Crippen molar-refractivity contribution in [2.75, 3.05) is 62.3 Å². The lowest BCUT2D eigenvalue weighted by Gasteiger charge is -2.32. The van der Waals surface area contributed by atoms with Crippen LogP contribution >= 0.6 is 0 Å². The molecule has 1 fully saturated rings. The Kier molecular flexibility index (Phi) is 7.55. The number of benzene rings is 2. The zero-order valence-electron chi connectivity index (χ0n) is 21.1. The Morgan fingerprint density at radius 1 is 0.919 bits per heavy atom. The van der Waals surface area contributed by atoms with E-state index < -0.39 is 9.84 Å². The molecule has 3 aromatic rings. The number of amides is 1. The molecule has 0 radical (unpaired) electrons. The summed E-state index contributed by atoms with van der Waals surface area (Å²) in [5, 5.41) is 3.10. The van der Waals surface area contributed by atoms with Crippen molar-refractivity contribution in [3.05, 3.63) is 78.0 Å². The highest BCUT2D eigenvalue weighted by Gasteiger charge is 2.25. The lowest BCUT2D eigenvalue weighted by molar-refractivity contribution is -0.117. The summed E-state index contributed by atoms with van der Waals surface area (Å²) >= 11 is 0. The van der Waals surface area contributed by atoms with Crippen LogP contribution in [0, 0.1) is 0 Å². The number of hydrogen-bond donors (Lipinski definition) is 1. The fraction of sp³-hybridized carbons (Fsp3) is 0.357. The van der Waals surface area contributed by atoms with Crippen LogP contribution in [0.3, 0.4) is 0 Å². The van der Waals surface area contributed by atoms with Crippen molar-refractivity contribution in [1.29, 1.82) is 0 Å². The number of aromatic nitrogens is 1. The second-order valence-corrected chi connectivity index (χ2v) is 12.0. The van der Waals surface area contributed by atoms with E-state index in [1.54, 1.807) is 11.1 Å². The molecule has 8 nitrogen and oxygen atoms in total. The van der Waals surface area contributed by atoms with E-state index in [0.717, 1.165) is 54.1 Å². The van der Waals surface area contributed by atoms with Crippen molar-refractivity contribution < 1.29 is 13.2 Å². The largest absolute Gasteiger partial charge is 0.359 e.